The molecule has 1 aliphatic heterocycles. The van der Waals surface area contributed by atoms with Gasteiger partial charge in [-0.15, -0.1) is 0 Å². The Labute approximate surface area is 150 Å². The van der Waals surface area contributed by atoms with Crippen LogP contribution in [0.3, 0.4) is 0 Å². The number of nitrogens with zero attached hydrogens (tertiary/aromatic N) is 1. The van der Waals surface area contributed by atoms with E-state index in [0.717, 1.165) is 44.2 Å². The molecule has 4 nitrogen and oxygen atoms in total. The summed E-state index contributed by atoms with van der Waals surface area (Å²) in [5, 5.41) is 3.04. The Morgan fingerprint density at radius 3 is 2.23 bits per heavy atom. The molecule has 1 saturated heterocycles. The highest BCUT2D eigenvalue weighted by molar-refractivity contribution is 5.98. The predicted octanol–water partition coefficient (Wildman–Crippen LogP) is 3.76. The van der Waals surface area contributed by atoms with Crippen molar-refractivity contribution in [3.63, 3.8) is 0 Å². The predicted molar refractivity (Wildman–Crippen MR) is 90.5 cm³/mol. The van der Waals surface area contributed by atoms with Crippen molar-refractivity contribution in [1.82, 2.24) is 10.2 Å². The maximum absolute atomic E-state index is 12.7. The number of alkyl halides is 3. The summed E-state index contributed by atoms with van der Waals surface area (Å²) in [6, 6.07) is 3.80. The molecule has 3 rings (SSSR count). The van der Waals surface area contributed by atoms with Crippen LogP contribution in [0.5, 0.6) is 0 Å². The number of hydrogen-bond donors (Lipinski definition) is 1. The smallest absolute Gasteiger partial charge is 0.352 e. The summed E-state index contributed by atoms with van der Waals surface area (Å²) in [6.45, 7) is 0.447. The minimum atomic E-state index is -4.43. The molecule has 0 spiro atoms. The number of hydrogen-bond acceptors (Lipinski definition) is 2. The van der Waals surface area contributed by atoms with Crippen LogP contribution in [0.1, 0.15) is 60.9 Å². The van der Waals surface area contributed by atoms with Gasteiger partial charge in [-0.25, -0.2) is 0 Å². The Balaban J connectivity index is 1.66. The van der Waals surface area contributed by atoms with Crippen LogP contribution in [0.4, 0.5) is 13.2 Å². The molecule has 1 atom stereocenters. The molecule has 1 heterocycles. The first-order valence-corrected chi connectivity index (χ1v) is 9.15. The molecule has 0 bridgehead atoms. The number of likely N-dealkylation sites (tertiary alicyclic amines) is 1. The highest BCUT2D eigenvalue weighted by Crippen LogP contribution is 2.30. The molecule has 0 unspecified atom stereocenters. The maximum Gasteiger partial charge on any atom is 0.416 e. The molecular formula is C19H23F3N2O2. The molecule has 1 aliphatic carbocycles. The number of amides is 2. The Morgan fingerprint density at radius 2 is 1.62 bits per heavy atom. The minimum absolute atomic E-state index is 0.144. The SMILES string of the molecule is O=C(NC1CCCCC1)[C@@H]1CCCN1C(=O)c1ccc(C(F)(F)F)cc1. The number of carbonyl (C=O) groups is 2. The molecule has 2 fully saturated rings. The molecular weight excluding hydrogens is 345 g/mol. The van der Waals surface area contributed by atoms with E-state index in [1.807, 2.05) is 0 Å². The Kier molecular flexibility index (Phi) is 5.53. The van der Waals surface area contributed by atoms with Gasteiger partial charge in [-0.3, -0.25) is 9.59 Å². The quantitative estimate of drug-likeness (QED) is 0.883. The van der Waals surface area contributed by atoms with E-state index in [4.69, 9.17) is 0 Å². The van der Waals surface area contributed by atoms with Crippen LogP contribution in [-0.4, -0.2) is 35.3 Å². The second-order valence-corrected chi connectivity index (χ2v) is 7.08. The molecule has 1 saturated carbocycles. The zero-order valence-corrected chi connectivity index (χ0v) is 14.5. The molecule has 7 heteroatoms. The summed E-state index contributed by atoms with van der Waals surface area (Å²) >= 11 is 0. The third-order valence-electron chi connectivity index (χ3n) is 5.23. The lowest BCUT2D eigenvalue weighted by Crippen LogP contribution is -2.49. The fourth-order valence-corrected chi connectivity index (χ4v) is 3.79. The second kappa shape index (κ2) is 7.68. The number of benzene rings is 1. The van der Waals surface area contributed by atoms with Crippen LogP contribution >= 0.6 is 0 Å². The van der Waals surface area contributed by atoms with Crippen molar-refractivity contribution in [3.05, 3.63) is 35.4 Å². The topological polar surface area (TPSA) is 49.4 Å². The third kappa shape index (κ3) is 4.19. The third-order valence-corrected chi connectivity index (χ3v) is 5.23. The minimum Gasteiger partial charge on any atom is -0.352 e. The first-order chi connectivity index (χ1) is 12.4. The van der Waals surface area contributed by atoms with Gasteiger partial charge in [0.15, 0.2) is 0 Å². The van der Waals surface area contributed by atoms with Crippen molar-refractivity contribution in [3.8, 4) is 0 Å². The van der Waals surface area contributed by atoms with Crippen LogP contribution in [-0.2, 0) is 11.0 Å². The van der Waals surface area contributed by atoms with Crippen molar-refractivity contribution in [2.75, 3.05) is 6.54 Å². The summed E-state index contributed by atoms with van der Waals surface area (Å²) < 4.78 is 38.0. The zero-order valence-electron chi connectivity index (χ0n) is 14.5. The number of carbonyl (C=O) groups excluding carboxylic acids is 2. The van der Waals surface area contributed by atoms with Gasteiger partial charge in [0.25, 0.3) is 5.91 Å². The van der Waals surface area contributed by atoms with Gasteiger partial charge >= 0.3 is 6.18 Å². The molecule has 2 aliphatic rings. The van der Waals surface area contributed by atoms with Gasteiger partial charge in [0.05, 0.1) is 5.56 Å². The zero-order chi connectivity index (χ0) is 18.7. The Hall–Kier alpha value is -2.05. The Bertz CT molecular complexity index is 652. The van der Waals surface area contributed by atoms with E-state index in [-0.39, 0.29) is 23.4 Å². The van der Waals surface area contributed by atoms with Gasteiger partial charge in [-0.1, -0.05) is 19.3 Å². The number of nitrogens with one attached hydrogen (secondary N) is 1. The molecule has 142 valence electrons. The fourth-order valence-electron chi connectivity index (χ4n) is 3.79. The van der Waals surface area contributed by atoms with Crippen LogP contribution in [0.2, 0.25) is 0 Å². The van der Waals surface area contributed by atoms with E-state index in [1.54, 1.807) is 0 Å². The highest BCUT2D eigenvalue weighted by Gasteiger charge is 2.36. The lowest BCUT2D eigenvalue weighted by molar-refractivity contribution is -0.137. The fraction of sp³-hybridized carbons (Fsp3) is 0.579. The van der Waals surface area contributed by atoms with Crippen LogP contribution in [0.25, 0.3) is 0 Å². The van der Waals surface area contributed by atoms with Gasteiger partial charge in [0, 0.05) is 18.2 Å². The second-order valence-electron chi connectivity index (χ2n) is 7.08. The van der Waals surface area contributed by atoms with Crippen LogP contribution < -0.4 is 5.32 Å². The van der Waals surface area contributed by atoms with Crippen molar-refractivity contribution < 1.29 is 22.8 Å². The monoisotopic (exact) mass is 368 g/mol. The summed E-state index contributed by atoms with van der Waals surface area (Å²) in [6.07, 6.45) is 2.19. The van der Waals surface area contributed by atoms with Gasteiger partial charge in [-0.05, 0) is 49.9 Å². The van der Waals surface area contributed by atoms with Crippen LogP contribution in [0, 0.1) is 0 Å². The van der Waals surface area contributed by atoms with E-state index in [0.29, 0.717) is 13.0 Å². The van der Waals surface area contributed by atoms with Gasteiger partial charge in [0.1, 0.15) is 6.04 Å². The normalized spacial score (nSPS) is 21.7. The van der Waals surface area contributed by atoms with E-state index in [2.05, 4.69) is 5.32 Å². The van der Waals surface area contributed by atoms with E-state index in [9.17, 15) is 22.8 Å². The molecule has 1 aromatic carbocycles. The van der Waals surface area contributed by atoms with Crippen molar-refractivity contribution in [1.29, 1.82) is 0 Å². The molecule has 26 heavy (non-hydrogen) atoms. The van der Waals surface area contributed by atoms with E-state index in [1.165, 1.54) is 23.5 Å². The Morgan fingerprint density at radius 1 is 0.962 bits per heavy atom. The first kappa shape index (κ1) is 18.7. The van der Waals surface area contributed by atoms with Gasteiger partial charge in [-0.2, -0.15) is 13.2 Å². The number of rotatable bonds is 3. The average molecular weight is 368 g/mol. The first-order valence-electron chi connectivity index (χ1n) is 9.15. The summed E-state index contributed by atoms with van der Waals surface area (Å²) in [5.41, 5.74) is -0.613. The molecule has 1 N–H and O–H groups in total. The highest BCUT2D eigenvalue weighted by atomic mass is 19.4. The maximum atomic E-state index is 12.7. The van der Waals surface area contributed by atoms with Crippen LogP contribution in [0.15, 0.2) is 24.3 Å². The number of halogens is 3. The standard InChI is InChI=1S/C19H23F3N2O2/c20-19(21,22)14-10-8-13(9-11-14)18(26)24-12-4-7-16(24)17(25)23-15-5-2-1-3-6-15/h8-11,15-16H,1-7,12H2,(H,23,25)/t16-/m0/s1. The summed E-state index contributed by atoms with van der Waals surface area (Å²) in [7, 11) is 0. The lowest BCUT2D eigenvalue weighted by Gasteiger charge is -2.28. The molecule has 0 aromatic heterocycles. The van der Waals surface area contributed by atoms with Gasteiger partial charge < -0.3 is 10.2 Å². The van der Waals surface area contributed by atoms with Gasteiger partial charge in [0.2, 0.25) is 5.91 Å². The van der Waals surface area contributed by atoms with Crippen molar-refractivity contribution in [2.24, 2.45) is 0 Å². The lowest BCUT2D eigenvalue weighted by atomic mass is 9.95. The molecule has 0 radical (unpaired) electrons. The summed E-state index contributed by atoms with van der Waals surface area (Å²) in [5.74, 6) is -0.533. The van der Waals surface area contributed by atoms with Crippen molar-refractivity contribution >= 4 is 11.8 Å². The molecule has 1 aromatic rings. The van der Waals surface area contributed by atoms with E-state index < -0.39 is 17.8 Å². The van der Waals surface area contributed by atoms with E-state index >= 15 is 0 Å². The van der Waals surface area contributed by atoms with Crippen molar-refractivity contribution in [2.45, 2.75) is 63.2 Å². The molecule has 2 amide bonds. The average Bonchev–Trinajstić information content (AvgIpc) is 3.11. The largest absolute Gasteiger partial charge is 0.416 e. The summed E-state index contributed by atoms with van der Waals surface area (Å²) in [4.78, 5) is 26.8.